The summed E-state index contributed by atoms with van der Waals surface area (Å²) in [7, 11) is 0. The van der Waals surface area contributed by atoms with Gasteiger partial charge in [0.25, 0.3) is 5.91 Å². The Morgan fingerprint density at radius 2 is 2.07 bits per heavy atom. The number of aromatic nitrogens is 2. The zero-order chi connectivity index (χ0) is 20.8. The Balaban J connectivity index is 1.70. The molecular formula is C18H13Cl2F3N4OS. The molecule has 0 bridgehead atoms. The Morgan fingerprint density at radius 3 is 2.72 bits per heavy atom. The predicted molar refractivity (Wildman–Crippen MR) is 107 cm³/mol. The lowest BCUT2D eigenvalue weighted by Crippen LogP contribution is -2.35. The Labute approximate surface area is 177 Å². The average Bonchev–Trinajstić information content (AvgIpc) is 3.29. The molecule has 1 amide bonds. The number of hydrogen-bond donors (Lipinski definition) is 2. The van der Waals surface area contributed by atoms with Gasteiger partial charge < -0.3 is 10.6 Å². The number of alkyl halides is 3. The third kappa shape index (κ3) is 3.94. The van der Waals surface area contributed by atoms with Gasteiger partial charge in [-0.05, 0) is 29.6 Å². The number of rotatable bonds is 3. The van der Waals surface area contributed by atoms with Gasteiger partial charge >= 0.3 is 6.18 Å². The Kier molecular flexibility index (Phi) is 5.22. The van der Waals surface area contributed by atoms with Gasteiger partial charge in [-0.2, -0.15) is 18.3 Å². The van der Waals surface area contributed by atoms with E-state index in [1.807, 2.05) is 0 Å². The molecule has 152 valence electrons. The lowest BCUT2D eigenvalue weighted by Gasteiger charge is -2.32. The van der Waals surface area contributed by atoms with Gasteiger partial charge in [-0.3, -0.25) is 4.79 Å². The Hall–Kier alpha value is -2.23. The number of benzene rings is 1. The molecule has 1 aliphatic rings. The van der Waals surface area contributed by atoms with Crippen molar-refractivity contribution in [2.24, 2.45) is 0 Å². The molecule has 5 nitrogen and oxygen atoms in total. The monoisotopic (exact) mass is 460 g/mol. The second kappa shape index (κ2) is 7.55. The highest BCUT2D eigenvalue weighted by Crippen LogP contribution is 2.46. The summed E-state index contributed by atoms with van der Waals surface area (Å²) < 4.78 is 41.9. The molecule has 0 unspecified atom stereocenters. The predicted octanol–water partition coefficient (Wildman–Crippen LogP) is 6.16. The lowest BCUT2D eigenvalue weighted by atomic mass is 10.0. The maximum absolute atomic E-state index is 13.7. The van der Waals surface area contributed by atoms with Crippen molar-refractivity contribution in [2.45, 2.75) is 24.7 Å². The van der Waals surface area contributed by atoms with E-state index in [0.29, 0.717) is 10.7 Å². The number of amides is 1. The van der Waals surface area contributed by atoms with E-state index in [4.69, 9.17) is 23.2 Å². The van der Waals surface area contributed by atoms with Crippen molar-refractivity contribution >= 4 is 52.0 Å². The zero-order valence-corrected chi connectivity index (χ0v) is 16.8. The van der Waals surface area contributed by atoms with Gasteiger partial charge in [0.15, 0.2) is 11.7 Å². The minimum absolute atomic E-state index is 0.0325. The maximum atomic E-state index is 13.7. The molecule has 4 rings (SSSR count). The quantitative estimate of drug-likeness (QED) is 0.491. The number of anilines is 2. The van der Waals surface area contributed by atoms with E-state index < -0.39 is 24.2 Å². The number of hydrogen-bond acceptors (Lipinski definition) is 4. The highest BCUT2D eigenvalue weighted by molar-refractivity contribution is 7.10. The number of halogens is 5. The summed E-state index contributed by atoms with van der Waals surface area (Å²) in [6.07, 6.45) is -4.81. The molecule has 1 aliphatic heterocycles. The molecule has 0 fully saturated rings. The van der Waals surface area contributed by atoms with Crippen molar-refractivity contribution in [1.29, 1.82) is 0 Å². The van der Waals surface area contributed by atoms with Crippen LogP contribution >= 0.6 is 34.5 Å². The molecule has 0 saturated carbocycles. The molecule has 0 aliphatic carbocycles. The minimum atomic E-state index is -4.55. The van der Waals surface area contributed by atoms with Crippen LogP contribution in [-0.4, -0.2) is 21.9 Å². The normalized spacial score (nSPS) is 18.8. The van der Waals surface area contributed by atoms with Gasteiger partial charge in [-0.1, -0.05) is 35.3 Å². The third-order valence-corrected chi connectivity index (χ3v) is 6.06. The van der Waals surface area contributed by atoms with Crippen molar-refractivity contribution < 1.29 is 18.0 Å². The fourth-order valence-electron chi connectivity index (χ4n) is 3.17. The van der Waals surface area contributed by atoms with Gasteiger partial charge in [0.1, 0.15) is 10.8 Å². The molecule has 0 radical (unpaired) electrons. The number of thiophene rings is 1. The summed E-state index contributed by atoms with van der Waals surface area (Å²) in [5.74, 6) is -0.760. The first-order valence-electron chi connectivity index (χ1n) is 8.45. The Bertz CT molecular complexity index is 1050. The van der Waals surface area contributed by atoms with Crippen LogP contribution in [0, 0.1) is 0 Å². The highest BCUT2D eigenvalue weighted by Gasteiger charge is 2.48. The van der Waals surface area contributed by atoms with Gasteiger partial charge in [0, 0.05) is 22.0 Å². The van der Waals surface area contributed by atoms with Crippen molar-refractivity contribution in [1.82, 2.24) is 9.78 Å². The van der Waals surface area contributed by atoms with Crippen LogP contribution in [0.1, 0.15) is 33.9 Å². The first-order valence-corrected chi connectivity index (χ1v) is 10.1. The van der Waals surface area contributed by atoms with Gasteiger partial charge in [0.2, 0.25) is 0 Å². The molecule has 0 saturated heterocycles. The number of carbonyl (C=O) groups excluding carboxylic acids is 1. The summed E-state index contributed by atoms with van der Waals surface area (Å²) in [6, 6.07) is 7.38. The largest absolute Gasteiger partial charge is 0.410 e. The van der Waals surface area contributed by atoms with Crippen molar-refractivity contribution in [3.63, 3.8) is 0 Å². The van der Waals surface area contributed by atoms with Gasteiger partial charge in [0.05, 0.1) is 6.04 Å². The fraction of sp³-hybridized carbons (Fsp3) is 0.222. The van der Waals surface area contributed by atoms with Crippen LogP contribution < -0.4 is 10.6 Å². The number of carbonyl (C=O) groups is 1. The van der Waals surface area contributed by atoms with Crippen LogP contribution in [0.4, 0.5) is 24.7 Å². The first kappa shape index (κ1) is 20.1. The second-order valence-corrected chi connectivity index (χ2v) is 8.22. The summed E-state index contributed by atoms with van der Waals surface area (Å²) in [6.45, 7) is 0. The van der Waals surface area contributed by atoms with Crippen molar-refractivity contribution in [2.75, 3.05) is 10.6 Å². The van der Waals surface area contributed by atoms with E-state index in [1.54, 1.807) is 35.7 Å². The standard InChI is InChI=1S/C18H13Cl2F3N4OS/c19-9-3-1-4-10(7-9)24-17(28)15-14(20)16-25-11(12-5-2-6-29-12)8-13(18(21,22)23)27(16)26-15/h1-7,11,13,25H,8H2,(H,24,28)/t11-,13-/m1/s1. The second-order valence-electron chi connectivity index (χ2n) is 6.43. The molecule has 11 heteroatoms. The van der Waals surface area contributed by atoms with Crippen molar-refractivity contribution in [3.05, 3.63) is 62.4 Å². The van der Waals surface area contributed by atoms with Crippen LogP contribution in [0.5, 0.6) is 0 Å². The van der Waals surface area contributed by atoms with E-state index in [9.17, 15) is 18.0 Å². The van der Waals surface area contributed by atoms with Crippen LogP contribution in [0.2, 0.25) is 10.0 Å². The van der Waals surface area contributed by atoms with Crippen LogP contribution in [0.3, 0.4) is 0 Å². The maximum Gasteiger partial charge on any atom is 0.410 e. The minimum Gasteiger partial charge on any atom is -0.361 e. The van der Waals surface area contributed by atoms with E-state index in [2.05, 4.69) is 15.7 Å². The van der Waals surface area contributed by atoms with E-state index >= 15 is 0 Å². The Morgan fingerprint density at radius 1 is 1.28 bits per heavy atom. The van der Waals surface area contributed by atoms with Crippen molar-refractivity contribution in [3.8, 4) is 0 Å². The lowest BCUT2D eigenvalue weighted by molar-refractivity contribution is -0.173. The highest BCUT2D eigenvalue weighted by atomic mass is 35.5. The van der Waals surface area contributed by atoms with E-state index in [-0.39, 0.29) is 23.0 Å². The number of nitrogens with zero attached hydrogens (tertiary/aromatic N) is 2. The molecule has 2 N–H and O–H groups in total. The molecule has 3 aromatic rings. The number of fused-ring (bicyclic) bond motifs is 1. The molecule has 1 aromatic carbocycles. The third-order valence-electron chi connectivity index (χ3n) is 4.48. The molecule has 3 heterocycles. The van der Waals surface area contributed by atoms with Gasteiger partial charge in [-0.15, -0.1) is 11.3 Å². The zero-order valence-electron chi connectivity index (χ0n) is 14.5. The molecule has 2 atom stereocenters. The van der Waals surface area contributed by atoms with E-state index in [1.165, 1.54) is 17.4 Å². The molecule has 0 spiro atoms. The summed E-state index contributed by atoms with van der Waals surface area (Å²) in [5, 5.41) is 11.5. The summed E-state index contributed by atoms with van der Waals surface area (Å²) in [4.78, 5) is 13.4. The average molecular weight is 461 g/mol. The van der Waals surface area contributed by atoms with E-state index in [0.717, 1.165) is 9.56 Å². The van der Waals surface area contributed by atoms with Gasteiger partial charge in [-0.25, -0.2) is 4.68 Å². The first-order chi connectivity index (χ1) is 13.7. The molecule has 2 aromatic heterocycles. The molecule has 29 heavy (non-hydrogen) atoms. The van der Waals surface area contributed by atoms with Crippen LogP contribution in [-0.2, 0) is 0 Å². The van der Waals surface area contributed by atoms with Crippen LogP contribution in [0.25, 0.3) is 0 Å². The SMILES string of the molecule is O=C(Nc1cccc(Cl)c1)c1nn2c(c1Cl)N[C@@H](c1cccs1)C[C@@H]2C(F)(F)F. The fourth-order valence-corrected chi connectivity index (χ4v) is 4.41. The number of nitrogens with one attached hydrogen (secondary N) is 2. The molecular weight excluding hydrogens is 448 g/mol. The topological polar surface area (TPSA) is 59.0 Å². The summed E-state index contributed by atoms with van der Waals surface area (Å²) in [5.41, 5.74) is 0.0801. The van der Waals surface area contributed by atoms with Crippen LogP contribution in [0.15, 0.2) is 41.8 Å². The summed E-state index contributed by atoms with van der Waals surface area (Å²) >= 11 is 13.5. The smallest absolute Gasteiger partial charge is 0.361 e.